The van der Waals surface area contributed by atoms with E-state index in [1.807, 2.05) is 20.8 Å². The third kappa shape index (κ3) is 5.40. The summed E-state index contributed by atoms with van der Waals surface area (Å²) < 4.78 is 35.4. The van der Waals surface area contributed by atoms with Crippen molar-refractivity contribution in [2.45, 2.75) is 65.6 Å². The lowest BCUT2D eigenvalue weighted by molar-refractivity contribution is -0.0593. The summed E-state index contributed by atoms with van der Waals surface area (Å²) in [6, 6.07) is 0. The van der Waals surface area contributed by atoms with Crippen LogP contribution in [0, 0.1) is 12.3 Å². The third-order valence-corrected chi connectivity index (χ3v) is 5.46. The molecule has 0 aliphatic carbocycles. The number of anilines is 1. The number of hydrogen-bond donors (Lipinski definition) is 2. The molecule has 1 aromatic rings. The molecule has 10 nitrogen and oxygen atoms in total. The predicted octanol–water partition coefficient (Wildman–Crippen LogP) is 2.00. The van der Waals surface area contributed by atoms with Crippen LogP contribution < -0.4 is 11.4 Å². The summed E-state index contributed by atoms with van der Waals surface area (Å²) in [5.41, 5.74) is 5.51. The van der Waals surface area contributed by atoms with Gasteiger partial charge in [0.2, 0.25) is 0 Å². The summed E-state index contributed by atoms with van der Waals surface area (Å²) in [5, 5.41) is 0. The monoisotopic (exact) mass is 419 g/mol. The van der Waals surface area contributed by atoms with E-state index in [0.29, 0.717) is 12.0 Å². The maximum Gasteiger partial charge on any atom is 0.472 e. The van der Waals surface area contributed by atoms with E-state index in [2.05, 4.69) is 4.98 Å². The number of nitrogen functional groups attached to an aromatic ring is 1. The molecule has 0 aromatic carbocycles. The molecule has 0 bridgehead atoms. The van der Waals surface area contributed by atoms with Gasteiger partial charge in [0.05, 0.1) is 12.7 Å². The van der Waals surface area contributed by atoms with Gasteiger partial charge in [-0.25, -0.2) is 9.36 Å². The second-order valence-corrected chi connectivity index (χ2v) is 9.39. The van der Waals surface area contributed by atoms with Crippen LogP contribution in [0.2, 0.25) is 0 Å². The van der Waals surface area contributed by atoms with Crippen molar-refractivity contribution in [2.75, 3.05) is 19.5 Å². The summed E-state index contributed by atoms with van der Waals surface area (Å²) in [6.45, 7) is 9.32. The standard InChI is InChI=1S/C17H30N3O7P/c1-7-25-28(22,23)27-12-11(8-17(3,4)5)26-15(13(12)24-6)20-9-10(2)14(18)19-16(20)21/h9,11-13,15H,7-8H2,1-6H3,(H,22,23)(H2,18,19,21)/t11-,12?,13?,15-/m1/s1. The molecule has 0 radical (unpaired) electrons. The van der Waals surface area contributed by atoms with Crippen molar-refractivity contribution < 1.29 is 28.0 Å². The smallest absolute Gasteiger partial charge is 0.383 e. The van der Waals surface area contributed by atoms with E-state index in [1.54, 1.807) is 13.8 Å². The first kappa shape index (κ1) is 23.0. The first-order valence-electron chi connectivity index (χ1n) is 9.08. The van der Waals surface area contributed by atoms with Crippen LogP contribution in [0.1, 0.15) is 45.9 Å². The molecule has 0 spiro atoms. The number of aryl methyl sites for hydroxylation is 1. The number of aromatic nitrogens is 2. The molecule has 1 aliphatic rings. The Kier molecular flexibility index (Phi) is 7.07. The number of nitrogens with zero attached hydrogens (tertiary/aromatic N) is 2. The highest BCUT2D eigenvalue weighted by Gasteiger charge is 2.51. The molecule has 0 amide bonds. The Balaban J connectivity index is 2.45. The Bertz CT molecular complexity index is 792. The SMILES string of the molecule is CCOP(=O)(O)OC1C(OC)[C@H](n2cc(C)c(N)nc2=O)O[C@@H]1CC(C)(C)C. The lowest BCUT2D eigenvalue weighted by atomic mass is 9.87. The van der Waals surface area contributed by atoms with Crippen molar-refractivity contribution in [3.63, 3.8) is 0 Å². The number of ether oxygens (including phenoxy) is 2. The average Bonchev–Trinajstić information content (AvgIpc) is 2.85. The van der Waals surface area contributed by atoms with Gasteiger partial charge in [-0.1, -0.05) is 20.8 Å². The Labute approximate surface area is 164 Å². The Morgan fingerprint density at radius 3 is 2.57 bits per heavy atom. The zero-order chi connectivity index (χ0) is 21.3. The highest BCUT2D eigenvalue weighted by molar-refractivity contribution is 7.47. The molecule has 160 valence electrons. The minimum Gasteiger partial charge on any atom is -0.383 e. The first-order chi connectivity index (χ1) is 12.9. The van der Waals surface area contributed by atoms with Crippen molar-refractivity contribution in [1.82, 2.24) is 9.55 Å². The zero-order valence-electron chi connectivity index (χ0n) is 17.1. The minimum atomic E-state index is -4.33. The summed E-state index contributed by atoms with van der Waals surface area (Å²) in [4.78, 5) is 26.2. The second kappa shape index (κ2) is 8.61. The van der Waals surface area contributed by atoms with Gasteiger partial charge in [0.15, 0.2) is 6.23 Å². The minimum absolute atomic E-state index is 0.00685. The van der Waals surface area contributed by atoms with Crippen LogP contribution in [0.3, 0.4) is 0 Å². The van der Waals surface area contributed by atoms with E-state index in [-0.39, 0.29) is 17.8 Å². The summed E-state index contributed by atoms with van der Waals surface area (Å²) in [6.07, 6.45) is -1.25. The normalized spacial score (nSPS) is 27.7. The van der Waals surface area contributed by atoms with Crippen molar-refractivity contribution in [3.05, 3.63) is 22.2 Å². The molecule has 28 heavy (non-hydrogen) atoms. The van der Waals surface area contributed by atoms with Crippen LogP contribution in [0.5, 0.6) is 0 Å². The zero-order valence-corrected chi connectivity index (χ0v) is 18.0. The van der Waals surface area contributed by atoms with Gasteiger partial charge in [-0.15, -0.1) is 0 Å². The molecule has 1 saturated heterocycles. The van der Waals surface area contributed by atoms with Gasteiger partial charge < -0.3 is 20.1 Å². The highest BCUT2D eigenvalue weighted by atomic mass is 31.2. The lowest BCUT2D eigenvalue weighted by Gasteiger charge is -2.28. The average molecular weight is 419 g/mol. The van der Waals surface area contributed by atoms with E-state index in [4.69, 9.17) is 24.3 Å². The fourth-order valence-corrected chi connectivity index (χ4v) is 4.14. The largest absolute Gasteiger partial charge is 0.472 e. The number of rotatable bonds is 7. The van der Waals surface area contributed by atoms with E-state index in [0.717, 1.165) is 0 Å². The van der Waals surface area contributed by atoms with Gasteiger partial charge in [0.25, 0.3) is 0 Å². The van der Waals surface area contributed by atoms with Gasteiger partial charge in [-0.05, 0) is 25.7 Å². The Morgan fingerprint density at radius 2 is 2.04 bits per heavy atom. The molecule has 3 unspecified atom stereocenters. The van der Waals surface area contributed by atoms with Gasteiger partial charge in [-0.3, -0.25) is 13.6 Å². The van der Waals surface area contributed by atoms with E-state index in [1.165, 1.54) is 17.9 Å². The summed E-state index contributed by atoms with van der Waals surface area (Å²) in [5.74, 6) is 0.128. The number of methoxy groups -OCH3 is 1. The van der Waals surface area contributed by atoms with Crippen molar-refractivity contribution in [1.29, 1.82) is 0 Å². The van der Waals surface area contributed by atoms with Crippen LogP contribution >= 0.6 is 7.82 Å². The second-order valence-electron chi connectivity index (χ2n) is 7.99. The van der Waals surface area contributed by atoms with Crippen molar-refractivity contribution in [3.8, 4) is 0 Å². The van der Waals surface area contributed by atoms with Crippen LogP contribution in [0.4, 0.5) is 5.82 Å². The Morgan fingerprint density at radius 1 is 1.39 bits per heavy atom. The molecule has 1 aliphatic heterocycles. The van der Waals surface area contributed by atoms with Crippen molar-refractivity contribution in [2.24, 2.45) is 5.41 Å². The number of phosphoric ester groups is 1. The topological polar surface area (TPSA) is 135 Å². The lowest BCUT2D eigenvalue weighted by Crippen LogP contribution is -2.39. The van der Waals surface area contributed by atoms with Crippen LogP contribution in [0.25, 0.3) is 0 Å². The predicted molar refractivity (Wildman–Crippen MR) is 103 cm³/mol. The van der Waals surface area contributed by atoms with Crippen LogP contribution in [-0.2, 0) is 23.1 Å². The number of nitrogens with two attached hydrogens (primary N) is 1. The fourth-order valence-electron chi connectivity index (χ4n) is 3.19. The Hall–Kier alpha value is -1.29. The van der Waals surface area contributed by atoms with E-state index < -0.39 is 38.1 Å². The summed E-state index contributed by atoms with van der Waals surface area (Å²) in [7, 11) is -2.91. The van der Waals surface area contributed by atoms with E-state index >= 15 is 0 Å². The van der Waals surface area contributed by atoms with Crippen molar-refractivity contribution >= 4 is 13.6 Å². The van der Waals surface area contributed by atoms with Crippen LogP contribution in [0.15, 0.2) is 11.0 Å². The van der Waals surface area contributed by atoms with Gasteiger partial charge in [0.1, 0.15) is 18.0 Å². The quantitative estimate of drug-likeness (QED) is 0.636. The summed E-state index contributed by atoms with van der Waals surface area (Å²) >= 11 is 0. The fraction of sp³-hybridized carbons (Fsp3) is 0.765. The van der Waals surface area contributed by atoms with Crippen LogP contribution in [-0.4, -0.2) is 46.5 Å². The molecule has 3 N–H and O–H groups in total. The molecule has 1 fully saturated rings. The number of hydrogen-bond acceptors (Lipinski definition) is 8. The van der Waals surface area contributed by atoms with Gasteiger partial charge in [0, 0.05) is 18.9 Å². The molecule has 5 atom stereocenters. The maximum atomic E-state index is 12.4. The third-order valence-electron chi connectivity index (χ3n) is 4.37. The molecule has 11 heteroatoms. The number of phosphoric acid groups is 1. The first-order valence-corrected chi connectivity index (χ1v) is 10.6. The van der Waals surface area contributed by atoms with Gasteiger partial charge in [-0.2, -0.15) is 4.98 Å². The van der Waals surface area contributed by atoms with Gasteiger partial charge >= 0.3 is 13.5 Å². The molecular formula is C17H30N3O7P. The highest BCUT2D eigenvalue weighted by Crippen LogP contribution is 2.50. The maximum absolute atomic E-state index is 12.4. The molecule has 0 saturated carbocycles. The molecular weight excluding hydrogens is 389 g/mol. The van der Waals surface area contributed by atoms with E-state index in [9.17, 15) is 14.3 Å². The molecule has 2 rings (SSSR count). The molecule has 1 aromatic heterocycles. The molecule has 2 heterocycles.